The maximum atomic E-state index is 12.1. The van der Waals surface area contributed by atoms with Crippen molar-refractivity contribution >= 4 is 34.8 Å². The molecule has 2 aromatic rings. The zero-order valence-electron chi connectivity index (χ0n) is 17.0. The molecular formula is C23H29Cl2N3O. The molecule has 0 saturated carbocycles. The average molecular weight is 434 g/mol. The number of nitrogens with zero attached hydrogens (tertiary/aromatic N) is 2. The molecule has 1 aliphatic heterocycles. The summed E-state index contributed by atoms with van der Waals surface area (Å²) in [6, 6.07) is 14.0. The van der Waals surface area contributed by atoms with Gasteiger partial charge in [0.2, 0.25) is 5.91 Å². The predicted molar refractivity (Wildman–Crippen MR) is 122 cm³/mol. The topological polar surface area (TPSA) is 35.6 Å². The number of hydrogen-bond acceptors (Lipinski definition) is 3. The number of benzene rings is 2. The summed E-state index contributed by atoms with van der Waals surface area (Å²) in [7, 11) is 0. The van der Waals surface area contributed by atoms with E-state index in [1.165, 1.54) is 11.3 Å². The molecule has 0 aliphatic carbocycles. The van der Waals surface area contributed by atoms with Crippen LogP contribution in [0, 0.1) is 6.92 Å². The van der Waals surface area contributed by atoms with Crippen LogP contribution in [-0.4, -0.2) is 50.1 Å². The molecule has 1 saturated heterocycles. The highest BCUT2D eigenvalue weighted by atomic mass is 35.5. The Kier molecular flexibility index (Phi) is 8.22. The molecular weight excluding hydrogens is 405 g/mol. The Morgan fingerprint density at radius 3 is 2.38 bits per heavy atom. The second-order valence-corrected chi connectivity index (χ2v) is 8.42. The molecule has 0 unspecified atom stereocenters. The van der Waals surface area contributed by atoms with Crippen LogP contribution in [0.25, 0.3) is 0 Å². The monoisotopic (exact) mass is 433 g/mol. The average Bonchev–Trinajstić information content (AvgIpc) is 2.71. The first-order valence-electron chi connectivity index (χ1n) is 10.3. The molecule has 2 aromatic carbocycles. The summed E-state index contributed by atoms with van der Waals surface area (Å²) in [4.78, 5) is 17.1. The van der Waals surface area contributed by atoms with E-state index in [0.29, 0.717) is 22.2 Å². The van der Waals surface area contributed by atoms with Gasteiger partial charge in [0.15, 0.2) is 0 Å². The van der Waals surface area contributed by atoms with Crippen LogP contribution in [-0.2, 0) is 11.2 Å². The quantitative estimate of drug-likeness (QED) is 0.619. The third-order valence-corrected chi connectivity index (χ3v) is 6.07. The molecule has 1 N–H and O–H groups in total. The fourth-order valence-electron chi connectivity index (χ4n) is 3.67. The van der Waals surface area contributed by atoms with Crippen LogP contribution in [0.1, 0.15) is 24.0 Å². The van der Waals surface area contributed by atoms with Crippen molar-refractivity contribution in [3.05, 3.63) is 63.6 Å². The maximum Gasteiger partial charge on any atom is 0.224 e. The molecule has 1 fully saturated rings. The molecule has 0 bridgehead atoms. The summed E-state index contributed by atoms with van der Waals surface area (Å²) < 4.78 is 0. The van der Waals surface area contributed by atoms with E-state index in [1.54, 1.807) is 18.2 Å². The van der Waals surface area contributed by atoms with Crippen molar-refractivity contribution in [2.45, 2.75) is 26.2 Å². The van der Waals surface area contributed by atoms with E-state index < -0.39 is 0 Å². The molecule has 1 heterocycles. The van der Waals surface area contributed by atoms with Gasteiger partial charge in [0, 0.05) is 48.5 Å². The lowest BCUT2D eigenvalue weighted by atomic mass is 10.1. The number of nitrogens with one attached hydrogen (secondary N) is 1. The molecule has 1 amide bonds. The van der Waals surface area contributed by atoms with Crippen molar-refractivity contribution in [2.75, 3.05) is 44.2 Å². The highest BCUT2D eigenvalue weighted by molar-refractivity contribution is 6.36. The minimum atomic E-state index is -0.0354. The largest absolute Gasteiger partial charge is 0.369 e. The van der Waals surface area contributed by atoms with E-state index in [1.807, 2.05) is 0 Å². The first-order chi connectivity index (χ1) is 14.0. The molecule has 1 aliphatic rings. The summed E-state index contributed by atoms with van der Waals surface area (Å²) >= 11 is 12.3. The number of rotatable bonds is 8. The van der Waals surface area contributed by atoms with Crippen molar-refractivity contribution < 1.29 is 4.79 Å². The second kappa shape index (κ2) is 10.9. The van der Waals surface area contributed by atoms with Crippen LogP contribution in [0.5, 0.6) is 0 Å². The molecule has 0 radical (unpaired) electrons. The van der Waals surface area contributed by atoms with Crippen molar-refractivity contribution in [3.63, 3.8) is 0 Å². The van der Waals surface area contributed by atoms with Gasteiger partial charge in [-0.3, -0.25) is 9.69 Å². The zero-order chi connectivity index (χ0) is 20.6. The predicted octanol–water partition coefficient (Wildman–Crippen LogP) is 4.56. The van der Waals surface area contributed by atoms with Crippen molar-refractivity contribution in [2.24, 2.45) is 0 Å². The second-order valence-electron chi connectivity index (χ2n) is 7.60. The summed E-state index contributed by atoms with van der Waals surface area (Å²) in [6.45, 7) is 8.22. The van der Waals surface area contributed by atoms with Crippen molar-refractivity contribution in [1.29, 1.82) is 0 Å². The lowest BCUT2D eigenvalue weighted by Crippen LogP contribution is -2.46. The Morgan fingerprint density at radius 2 is 1.69 bits per heavy atom. The van der Waals surface area contributed by atoms with E-state index in [4.69, 9.17) is 23.2 Å². The van der Waals surface area contributed by atoms with Crippen molar-refractivity contribution in [1.82, 2.24) is 10.2 Å². The normalized spacial score (nSPS) is 14.8. The van der Waals surface area contributed by atoms with Gasteiger partial charge in [-0.2, -0.15) is 0 Å². The molecule has 0 atom stereocenters. The highest BCUT2D eigenvalue weighted by Crippen LogP contribution is 2.24. The van der Waals surface area contributed by atoms with Gasteiger partial charge < -0.3 is 10.2 Å². The third-order valence-electron chi connectivity index (χ3n) is 5.36. The van der Waals surface area contributed by atoms with Gasteiger partial charge in [-0.1, -0.05) is 41.4 Å². The molecule has 3 rings (SSSR count). The van der Waals surface area contributed by atoms with E-state index in [-0.39, 0.29) is 12.3 Å². The Hall–Kier alpha value is -1.75. The van der Waals surface area contributed by atoms with Crippen LogP contribution in [0.4, 0.5) is 5.69 Å². The summed E-state index contributed by atoms with van der Waals surface area (Å²) in [6.07, 6.45) is 2.27. The van der Waals surface area contributed by atoms with E-state index in [9.17, 15) is 4.79 Å². The van der Waals surface area contributed by atoms with E-state index in [2.05, 4.69) is 46.3 Å². The van der Waals surface area contributed by atoms with Crippen LogP contribution < -0.4 is 10.2 Å². The lowest BCUT2D eigenvalue weighted by Gasteiger charge is -2.36. The van der Waals surface area contributed by atoms with Crippen LogP contribution in [0.15, 0.2) is 42.5 Å². The van der Waals surface area contributed by atoms with Gasteiger partial charge in [0.1, 0.15) is 0 Å². The Balaban J connectivity index is 1.30. The van der Waals surface area contributed by atoms with Gasteiger partial charge in [-0.15, -0.1) is 0 Å². The van der Waals surface area contributed by atoms with Gasteiger partial charge in [-0.05, 0) is 61.7 Å². The summed E-state index contributed by atoms with van der Waals surface area (Å²) in [5.41, 5.74) is 3.33. The van der Waals surface area contributed by atoms with Crippen LogP contribution in [0.2, 0.25) is 10.0 Å². The van der Waals surface area contributed by atoms with Crippen LogP contribution in [0.3, 0.4) is 0 Å². The standard InChI is InChI=1S/C23H29Cl2N3O/c1-18-6-4-7-19(16-18)28-14-12-27(13-15-28)11-3-2-10-26-23(29)17-20-21(24)8-5-9-22(20)25/h4-9,16H,2-3,10-15,17H2,1H3,(H,26,29). The number of carbonyl (C=O) groups excluding carboxylic acids is 1. The zero-order valence-corrected chi connectivity index (χ0v) is 18.5. The maximum absolute atomic E-state index is 12.1. The number of anilines is 1. The van der Waals surface area contributed by atoms with Gasteiger partial charge in [-0.25, -0.2) is 0 Å². The number of unbranched alkanes of at least 4 members (excludes halogenated alkanes) is 1. The fourth-order valence-corrected chi connectivity index (χ4v) is 4.20. The summed E-state index contributed by atoms with van der Waals surface area (Å²) in [5.74, 6) is -0.0354. The third kappa shape index (κ3) is 6.63. The van der Waals surface area contributed by atoms with E-state index >= 15 is 0 Å². The number of halogens is 2. The Bertz CT molecular complexity index is 799. The van der Waals surface area contributed by atoms with E-state index in [0.717, 1.165) is 45.6 Å². The first-order valence-corrected chi connectivity index (χ1v) is 11.0. The van der Waals surface area contributed by atoms with Crippen LogP contribution >= 0.6 is 23.2 Å². The molecule has 0 spiro atoms. The number of piperazine rings is 1. The minimum absolute atomic E-state index is 0.0354. The number of amides is 1. The number of hydrogen-bond donors (Lipinski definition) is 1. The fraction of sp³-hybridized carbons (Fsp3) is 0.435. The SMILES string of the molecule is Cc1cccc(N2CCN(CCCCNC(=O)Cc3c(Cl)cccc3Cl)CC2)c1. The summed E-state index contributed by atoms with van der Waals surface area (Å²) in [5, 5.41) is 4.05. The molecule has 6 heteroatoms. The Labute approximate surface area is 183 Å². The minimum Gasteiger partial charge on any atom is -0.369 e. The smallest absolute Gasteiger partial charge is 0.224 e. The Morgan fingerprint density at radius 1 is 1.00 bits per heavy atom. The number of carbonyl (C=O) groups is 1. The molecule has 4 nitrogen and oxygen atoms in total. The molecule has 156 valence electrons. The lowest BCUT2D eigenvalue weighted by molar-refractivity contribution is -0.120. The van der Waals surface area contributed by atoms with Gasteiger partial charge in [0.05, 0.1) is 6.42 Å². The van der Waals surface area contributed by atoms with Gasteiger partial charge >= 0.3 is 0 Å². The number of aryl methyl sites for hydroxylation is 1. The molecule has 0 aromatic heterocycles. The molecule has 29 heavy (non-hydrogen) atoms. The first kappa shape index (κ1) is 21.9. The van der Waals surface area contributed by atoms with Crippen molar-refractivity contribution in [3.8, 4) is 0 Å². The van der Waals surface area contributed by atoms with Gasteiger partial charge in [0.25, 0.3) is 0 Å². The highest BCUT2D eigenvalue weighted by Gasteiger charge is 2.17.